The van der Waals surface area contributed by atoms with Crippen molar-refractivity contribution in [2.24, 2.45) is 5.92 Å². The molecule has 0 aromatic carbocycles. The van der Waals surface area contributed by atoms with Gasteiger partial charge in [0.25, 0.3) is 0 Å². The van der Waals surface area contributed by atoms with Crippen molar-refractivity contribution in [2.45, 2.75) is 30.8 Å². The smallest absolute Gasteiger partial charge is 0.183 e. The highest BCUT2D eigenvalue weighted by atomic mass is 32.2. The summed E-state index contributed by atoms with van der Waals surface area (Å²) in [5, 5.41) is 7.19. The molecule has 0 spiro atoms. The fourth-order valence-electron chi connectivity index (χ4n) is 1.77. The van der Waals surface area contributed by atoms with Gasteiger partial charge in [-0.2, -0.15) is 5.10 Å². The minimum Gasteiger partial charge on any atom is -0.298 e. The van der Waals surface area contributed by atoms with Gasteiger partial charge in [-0.3, -0.25) is 9.89 Å². The number of rotatable bonds is 4. The number of Topliss-reactive ketones (excluding diaryl/α,β-unsaturated/α-hetero) is 1. The van der Waals surface area contributed by atoms with Gasteiger partial charge in [0.2, 0.25) is 0 Å². The number of carbonyl (C=O) groups excluding carboxylic acids is 1. The Kier molecular flexibility index (Phi) is 3.18. The fraction of sp³-hybridized carbons (Fsp3) is 0.667. The first-order valence-electron chi connectivity index (χ1n) is 4.87. The van der Waals surface area contributed by atoms with Crippen LogP contribution in [-0.4, -0.2) is 26.7 Å². The van der Waals surface area contributed by atoms with E-state index >= 15 is 0 Å². The monoisotopic (exact) mass is 211 g/mol. The van der Waals surface area contributed by atoms with Gasteiger partial charge >= 0.3 is 0 Å². The molecule has 5 heteroatoms. The van der Waals surface area contributed by atoms with Crippen LogP contribution in [0.15, 0.2) is 11.5 Å². The molecule has 76 valence electrons. The van der Waals surface area contributed by atoms with Crippen LogP contribution in [0, 0.1) is 5.92 Å². The minimum absolute atomic E-state index is 0.311. The molecule has 1 aliphatic carbocycles. The summed E-state index contributed by atoms with van der Waals surface area (Å²) in [7, 11) is 0. The zero-order chi connectivity index (χ0) is 9.80. The zero-order valence-corrected chi connectivity index (χ0v) is 8.72. The van der Waals surface area contributed by atoms with Crippen LogP contribution in [0.4, 0.5) is 0 Å². The molecular weight excluding hydrogens is 198 g/mol. The van der Waals surface area contributed by atoms with Crippen LogP contribution in [0.1, 0.15) is 25.7 Å². The van der Waals surface area contributed by atoms with E-state index in [4.69, 9.17) is 0 Å². The number of nitrogens with one attached hydrogen (secondary N) is 1. The molecule has 14 heavy (non-hydrogen) atoms. The lowest BCUT2D eigenvalue weighted by Gasteiger charge is -2.05. The van der Waals surface area contributed by atoms with Crippen LogP contribution in [0.2, 0.25) is 0 Å². The van der Waals surface area contributed by atoms with Crippen molar-refractivity contribution in [1.29, 1.82) is 0 Å². The van der Waals surface area contributed by atoms with Crippen LogP contribution < -0.4 is 0 Å². The Bertz CT molecular complexity index is 293. The lowest BCUT2D eigenvalue weighted by Crippen LogP contribution is -2.13. The predicted octanol–water partition coefficient (Wildman–Crippen LogP) is 1.66. The Morgan fingerprint density at radius 2 is 2.36 bits per heavy atom. The van der Waals surface area contributed by atoms with Crippen molar-refractivity contribution in [3.8, 4) is 0 Å². The normalized spacial score (nSPS) is 17.4. The number of nitrogens with zero attached hydrogens (tertiary/aromatic N) is 2. The number of thioether (sulfide) groups is 1. The number of hydrogen-bond acceptors (Lipinski definition) is 4. The highest BCUT2D eigenvalue weighted by molar-refractivity contribution is 7.99. The molecule has 1 aromatic rings. The molecule has 1 aromatic heterocycles. The SMILES string of the molecule is O=C(CSc1ncn[nH]1)C1CCCC1. The van der Waals surface area contributed by atoms with E-state index in [-0.39, 0.29) is 0 Å². The molecule has 1 saturated carbocycles. The second-order valence-corrected chi connectivity index (χ2v) is 4.49. The van der Waals surface area contributed by atoms with Crippen molar-refractivity contribution >= 4 is 17.5 Å². The summed E-state index contributed by atoms with van der Waals surface area (Å²) in [4.78, 5) is 15.6. The largest absolute Gasteiger partial charge is 0.298 e. The number of carbonyl (C=O) groups is 1. The van der Waals surface area contributed by atoms with Crippen molar-refractivity contribution < 1.29 is 4.79 Å². The number of aromatic nitrogens is 3. The van der Waals surface area contributed by atoms with E-state index in [0.717, 1.165) is 18.0 Å². The summed E-state index contributed by atoms with van der Waals surface area (Å²) in [5.74, 6) is 1.20. The second kappa shape index (κ2) is 4.59. The molecular formula is C9H13N3OS. The van der Waals surface area contributed by atoms with Crippen molar-refractivity contribution in [2.75, 3.05) is 5.75 Å². The molecule has 0 bridgehead atoms. The van der Waals surface area contributed by atoms with E-state index in [0.29, 0.717) is 17.5 Å². The van der Waals surface area contributed by atoms with Gasteiger partial charge in [0.05, 0.1) is 5.75 Å². The standard InChI is InChI=1S/C9H13N3OS/c13-8(7-3-1-2-4-7)5-14-9-10-6-11-12-9/h6-7H,1-5H2,(H,10,11,12). The molecule has 0 amide bonds. The number of ketones is 1. The van der Waals surface area contributed by atoms with Crippen LogP contribution in [-0.2, 0) is 4.79 Å². The molecule has 0 radical (unpaired) electrons. The maximum Gasteiger partial charge on any atom is 0.183 e. The summed E-state index contributed by atoms with van der Waals surface area (Å²) < 4.78 is 0. The first-order chi connectivity index (χ1) is 6.86. The van der Waals surface area contributed by atoms with Crippen LogP contribution in [0.25, 0.3) is 0 Å². The van der Waals surface area contributed by atoms with E-state index in [9.17, 15) is 4.79 Å². The topological polar surface area (TPSA) is 58.6 Å². The van der Waals surface area contributed by atoms with E-state index in [2.05, 4.69) is 15.2 Å². The molecule has 1 fully saturated rings. The van der Waals surface area contributed by atoms with Crippen LogP contribution in [0.5, 0.6) is 0 Å². The molecule has 0 atom stereocenters. The van der Waals surface area contributed by atoms with Gasteiger partial charge in [0, 0.05) is 5.92 Å². The van der Waals surface area contributed by atoms with Gasteiger partial charge in [-0.05, 0) is 12.8 Å². The molecule has 0 aliphatic heterocycles. The molecule has 1 N–H and O–H groups in total. The molecule has 0 saturated heterocycles. The van der Waals surface area contributed by atoms with Crippen LogP contribution in [0.3, 0.4) is 0 Å². The average Bonchev–Trinajstić information content (AvgIpc) is 2.87. The van der Waals surface area contributed by atoms with E-state index in [1.54, 1.807) is 0 Å². The maximum absolute atomic E-state index is 11.7. The number of H-pyrrole nitrogens is 1. The molecule has 0 unspecified atom stereocenters. The maximum atomic E-state index is 11.7. The number of aromatic amines is 1. The Morgan fingerprint density at radius 1 is 1.57 bits per heavy atom. The molecule has 4 nitrogen and oxygen atoms in total. The number of hydrogen-bond donors (Lipinski definition) is 1. The summed E-state index contributed by atoms with van der Waals surface area (Å²) in [5.41, 5.74) is 0. The average molecular weight is 211 g/mol. The van der Waals surface area contributed by atoms with Crippen LogP contribution >= 0.6 is 11.8 Å². The van der Waals surface area contributed by atoms with Gasteiger partial charge in [0.15, 0.2) is 5.16 Å². The Morgan fingerprint density at radius 3 is 3.00 bits per heavy atom. The first-order valence-corrected chi connectivity index (χ1v) is 5.85. The third kappa shape index (κ3) is 2.35. The zero-order valence-electron chi connectivity index (χ0n) is 7.90. The summed E-state index contributed by atoms with van der Waals surface area (Å²) >= 11 is 1.44. The van der Waals surface area contributed by atoms with E-state index in [1.165, 1.54) is 30.9 Å². The highest BCUT2D eigenvalue weighted by Crippen LogP contribution is 2.27. The van der Waals surface area contributed by atoms with Gasteiger partial charge in [-0.15, -0.1) is 0 Å². The summed E-state index contributed by atoms with van der Waals surface area (Å²) in [6.45, 7) is 0. The van der Waals surface area contributed by atoms with E-state index in [1.807, 2.05) is 0 Å². The molecule has 1 heterocycles. The minimum atomic E-state index is 0.311. The molecule has 1 aliphatic rings. The van der Waals surface area contributed by atoms with Crippen molar-refractivity contribution in [3.05, 3.63) is 6.33 Å². The van der Waals surface area contributed by atoms with Gasteiger partial charge in [-0.25, -0.2) is 4.98 Å². The lowest BCUT2D eigenvalue weighted by molar-refractivity contribution is -0.120. The second-order valence-electron chi connectivity index (χ2n) is 3.53. The van der Waals surface area contributed by atoms with Crippen molar-refractivity contribution in [3.63, 3.8) is 0 Å². The summed E-state index contributed by atoms with van der Waals surface area (Å²) in [6.07, 6.45) is 6.04. The Balaban J connectivity index is 1.77. The predicted molar refractivity (Wildman–Crippen MR) is 54.1 cm³/mol. The summed E-state index contributed by atoms with van der Waals surface area (Å²) in [6, 6.07) is 0. The Hall–Kier alpha value is -0.840. The van der Waals surface area contributed by atoms with E-state index < -0.39 is 0 Å². The third-order valence-corrected chi connectivity index (χ3v) is 3.45. The molecule has 2 rings (SSSR count). The van der Waals surface area contributed by atoms with Gasteiger partial charge in [-0.1, -0.05) is 24.6 Å². The van der Waals surface area contributed by atoms with Gasteiger partial charge < -0.3 is 0 Å². The van der Waals surface area contributed by atoms with Gasteiger partial charge in [0.1, 0.15) is 12.1 Å². The Labute approximate surface area is 86.9 Å². The highest BCUT2D eigenvalue weighted by Gasteiger charge is 2.22. The van der Waals surface area contributed by atoms with Crippen molar-refractivity contribution in [1.82, 2.24) is 15.2 Å². The lowest BCUT2D eigenvalue weighted by atomic mass is 10.0. The first kappa shape index (κ1) is 9.71. The quantitative estimate of drug-likeness (QED) is 0.769. The third-order valence-electron chi connectivity index (χ3n) is 2.55. The fourth-order valence-corrected chi connectivity index (χ4v) is 2.52.